The summed E-state index contributed by atoms with van der Waals surface area (Å²) in [4.78, 5) is 29.0. The topological polar surface area (TPSA) is 114 Å². The number of halogens is 2. The predicted octanol–water partition coefficient (Wildman–Crippen LogP) is 4.06. The lowest BCUT2D eigenvalue weighted by Crippen LogP contribution is -2.22. The number of H-pyrrole nitrogens is 1. The molecule has 5 rings (SSSR count). The molecule has 1 aromatic carbocycles. The van der Waals surface area contributed by atoms with E-state index in [-0.39, 0.29) is 11.5 Å². The summed E-state index contributed by atoms with van der Waals surface area (Å²) in [5.41, 5.74) is 8.13. The van der Waals surface area contributed by atoms with Gasteiger partial charge in [-0.25, -0.2) is 13.8 Å². The zero-order valence-corrected chi connectivity index (χ0v) is 17.5. The van der Waals surface area contributed by atoms with Gasteiger partial charge in [0.2, 0.25) is 5.95 Å². The van der Waals surface area contributed by atoms with Gasteiger partial charge in [-0.15, -0.1) is 0 Å². The van der Waals surface area contributed by atoms with E-state index in [0.29, 0.717) is 40.0 Å². The Morgan fingerprint density at radius 2 is 2.00 bits per heavy atom. The maximum absolute atomic E-state index is 14.1. The first kappa shape index (κ1) is 20.6. The van der Waals surface area contributed by atoms with E-state index in [0.717, 1.165) is 6.20 Å². The average molecular weight is 447 g/mol. The summed E-state index contributed by atoms with van der Waals surface area (Å²) in [5, 5.41) is 3.32. The summed E-state index contributed by atoms with van der Waals surface area (Å²) in [5.74, 6) is -0.561. The zero-order chi connectivity index (χ0) is 23.1. The van der Waals surface area contributed by atoms with Crippen molar-refractivity contribution in [3.63, 3.8) is 0 Å². The maximum Gasteiger partial charge on any atom is 0.263 e. The van der Waals surface area contributed by atoms with Crippen molar-refractivity contribution in [1.82, 2.24) is 24.3 Å². The normalized spacial score (nSPS) is 12.3. The van der Waals surface area contributed by atoms with Crippen molar-refractivity contribution < 1.29 is 8.78 Å². The fourth-order valence-electron chi connectivity index (χ4n) is 3.98. The molecule has 0 spiro atoms. The van der Waals surface area contributed by atoms with Crippen LogP contribution in [0.15, 0.2) is 59.8 Å². The quantitative estimate of drug-likeness (QED) is 0.374. The molecule has 0 aliphatic carbocycles. The van der Waals surface area contributed by atoms with Gasteiger partial charge in [0.05, 0.1) is 17.9 Å². The van der Waals surface area contributed by atoms with E-state index in [1.54, 1.807) is 12.1 Å². The Kier molecular flexibility index (Phi) is 4.97. The van der Waals surface area contributed by atoms with Crippen molar-refractivity contribution in [2.75, 3.05) is 11.1 Å². The maximum atomic E-state index is 14.1. The molecule has 33 heavy (non-hydrogen) atoms. The molecule has 0 unspecified atom stereocenters. The molecule has 0 radical (unpaired) electrons. The molecule has 0 fully saturated rings. The minimum absolute atomic E-state index is 0.0476. The lowest BCUT2D eigenvalue weighted by atomic mass is 9.94. The molecule has 0 saturated carbocycles. The van der Waals surface area contributed by atoms with Crippen molar-refractivity contribution >= 4 is 28.4 Å². The third kappa shape index (κ3) is 3.65. The van der Waals surface area contributed by atoms with E-state index in [1.165, 1.54) is 41.1 Å². The molecule has 4 aromatic heterocycles. The Labute approximate surface area is 186 Å². The number of hydrogen-bond donors (Lipinski definition) is 3. The van der Waals surface area contributed by atoms with Crippen LogP contribution in [0.2, 0.25) is 0 Å². The predicted molar refractivity (Wildman–Crippen MR) is 122 cm³/mol. The van der Waals surface area contributed by atoms with Gasteiger partial charge in [-0.1, -0.05) is 19.1 Å². The Bertz CT molecular complexity index is 1560. The minimum Gasteiger partial charge on any atom is -0.368 e. The summed E-state index contributed by atoms with van der Waals surface area (Å²) in [6.07, 6.45) is 3.16. The number of aromatic nitrogens is 5. The van der Waals surface area contributed by atoms with Gasteiger partial charge in [0.1, 0.15) is 17.2 Å². The molecule has 4 N–H and O–H groups in total. The van der Waals surface area contributed by atoms with Crippen LogP contribution >= 0.6 is 0 Å². The molecule has 4 heterocycles. The van der Waals surface area contributed by atoms with Crippen molar-refractivity contribution in [3.05, 3.63) is 82.5 Å². The summed E-state index contributed by atoms with van der Waals surface area (Å²) in [6, 6.07) is 9.96. The van der Waals surface area contributed by atoms with Crippen LogP contribution in [0.3, 0.4) is 0 Å². The Morgan fingerprint density at radius 3 is 2.79 bits per heavy atom. The van der Waals surface area contributed by atoms with Crippen molar-refractivity contribution in [2.24, 2.45) is 0 Å². The highest BCUT2D eigenvalue weighted by molar-refractivity contribution is 5.84. The van der Waals surface area contributed by atoms with Crippen molar-refractivity contribution in [1.29, 1.82) is 0 Å². The highest BCUT2D eigenvalue weighted by Crippen LogP contribution is 2.32. The first-order valence-corrected chi connectivity index (χ1v) is 10.3. The van der Waals surface area contributed by atoms with Crippen LogP contribution in [0.4, 0.5) is 20.5 Å². The van der Waals surface area contributed by atoms with Crippen LogP contribution in [0.25, 0.3) is 27.8 Å². The first-order chi connectivity index (χ1) is 15.9. The van der Waals surface area contributed by atoms with Gasteiger partial charge in [-0.3, -0.25) is 9.20 Å². The standard InChI is InChI=1S/C23H19F2N7O/c1-2-17(29-21-19-20(28-11-27-19)30-23(26)31-21)16-9-15-7-6-14(25)10-32(15)22(33)18(16)12-4-3-5-13(24)8-12/h3-11,17H,2H2,1H3,(H4,26,27,28,29,30,31)/t17-/m0/s1. The molecular formula is C23H19F2N7O. The molecule has 0 amide bonds. The van der Waals surface area contributed by atoms with Crippen LogP contribution in [-0.4, -0.2) is 24.3 Å². The molecule has 0 saturated heterocycles. The number of nitrogen functional groups attached to an aromatic ring is 1. The van der Waals surface area contributed by atoms with Crippen LogP contribution in [0.1, 0.15) is 24.9 Å². The van der Waals surface area contributed by atoms with E-state index < -0.39 is 23.2 Å². The average Bonchev–Trinajstić information content (AvgIpc) is 3.26. The fourth-order valence-corrected chi connectivity index (χ4v) is 3.98. The number of hydrogen-bond acceptors (Lipinski definition) is 6. The van der Waals surface area contributed by atoms with E-state index >= 15 is 0 Å². The molecule has 5 aromatic rings. The number of imidazole rings is 1. The van der Waals surface area contributed by atoms with E-state index in [1.807, 2.05) is 6.92 Å². The van der Waals surface area contributed by atoms with Crippen LogP contribution < -0.4 is 16.6 Å². The minimum atomic E-state index is -0.550. The Hall–Kier alpha value is -4.34. The second-order valence-electron chi connectivity index (χ2n) is 7.57. The van der Waals surface area contributed by atoms with Gasteiger partial charge in [0.15, 0.2) is 11.5 Å². The molecular weight excluding hydrogens is 428 g/mol. The third-order valence-corrected chi connectivity index (χ3v) is 5.48. The number of aromatic amines is 1. The zero-order valence-electron chi connectivity index (χ0n) is 17.5. The van der Waals surface area contributed by atoms with E-state index in [4.69, 9.17) is 5.73 Å². The Morgan fingerprint density at radius 1 is 1.15 bits per heavy atom. The Balaban J connectivity index is 1.74. The second kappa shape index (κ2) is 7.97. The van der Waals surface area contributed by atoms with Crippen LogP contribution in [-0.2, 0) is 0 Å². The number of rotatable bonds is 5. The lowest BCUT2D eigenvalue weighted by Gasteiger charge is -2.22. The molecule has 0 aliphatic rings. The van der Waals surface area contributed by atoms with Gasteiger partial charge in [0.25, 0.3) is 5.56 Å². The van der Waals surface area contributed by atoms with E-state index in [2.05, 4.69) is 25.3 Å². The molecule has 10 heteroatoms. The molecule has 1 atom stereocenters. The fraction of sp³-hybridized carbons (Fsp3) is 0.130. The lowest BCUT2D eigenvalue weighted by molar-refractivity contribution is 0.617. The van der Waals surface area contributed by atoms with Gasteiger partial charge in [-0.2, -0.15) is 9.97 Å². The number of fused-ring (bicyclic) bond motifs is 2. The van der Waals surface area contributed by atoms with Gasteiger partial charge < -0.3 is 16.0 Å². The number of pyridine rings is 2. The number of nitrogens with zero attached hydrogens (tertiary/aromatic N) is 4. The summed E-state index contributed by atoms with van der Waals surface area (Å²) < 4.78 is 29.2. The van der Waals surface area contributed by atoms with Gasteiger partial charge in [0, 0.05) is 11.7 Å². The van der Waals surface area contributed by atoms with Gasteiger partial charge in [-0.05, 0) is 47.9 Å². The summed E-state index contributed by atoms with van der Waals surface area (Å²) in [7, 11) is 0. The number of benzene rings is 1. The molecule has 0 bridgehead atoms. The first-order valence-electron chi connectivity index (χ1n) is 10.3. The van der Waals surface area contributed by atoms with Crippen molar-refractivity contribution in [2.45, 2.75) is 19.4 Å². The highest BCUT2D eigenvalue weighted by Gasteiger charge is 2.22. The molecule has 166 valence electrons. The number of nitrogens with one attached hydrogen (secondary N) is 2. The van der Waals surface area contributed by atoms with Gasteiger partial charge >= 0.3 is 0 Å². The highest BCUT2D eigenvalue weighted by atomic mass is 19.1. The SMILES string of the molecule is CC[C@H](Nc1nc(N)nc2nc[nH]c12)c1cc2ccc(F)cn2c(=O)c1-c1cccc(F)c1. The molecule has 8 nitrogen and oxygen atoms in total. The largest absolute Gasteiger partial charge is 0.368 e. The summed E-state index contributed by atoms with van der Waals surface area (Å²) in [6.45, 7) is 1.94. The van der Waals surface area contributed by atoms with E-state index in [9.17, 15) is 13.6 Å². The van der Waals surface area contributed by atoms with Crippen LogP contribution in [0, 0.1) is 11.6 Å². The second-order valence-corrected chi connectivity index (χ2v) is 7.57. The third-order valence-electron chi connectivity index (χ3n) is 5.48. The smallest absolute Gasteiger partial charge is 0.263 e. The molecule has 0 aliphatic heterocycles. The van der Waals surface area contributed by atoms with Crippen molar-refractivity contribution in [3.8, 4) is 11.1 Å². The number of anilines is 2. The van der Waals surface area contributed by atoms with Crippen LogP contribution in [0.5, 0.6) is 0 Å². The monoisotopic (exact) mass is 447 g/mol. The summed E-state index contributed by atoms with van der Waals surface area (Å²) >= 11 is 0. The number of nitrogens with two attached hydrogens (primary N) is 1.